The van der Waals surface area contributed by atoms with Crippen LogP contribution in [0.5, 0.6) is 0 Å². The predicted molar refractivity (Wildman–Crippen MR) is 99.8 cm³/mol. The maximum absolute atomic E-state index is 14.8. The van der Waals surface area contributed by atoms with Crippen LogP contribution in [0.3, 0.4) is 0 Å². The molecular formula is C19H20F2N4O3. The number of hydrogen-bond donors (Lipinski definition) is 2. The number of carbonyl (C=O) groups is 1. The first-order chi connectivity index (χ1) is 13.4. The van der Waals surface area contributed by atoms with Crippen LogP contribution >= 0.6 is 0 Å². The second-order valence-corrected chi connectivity index (χ2v) is 7.22. The Balaban J connectivity index is 1.86. The number of aromatic carboxylic acids is 1. The van der Waals surface area contributed by atoms with E-state index in [0.717, 1.165) is 18.9 Å². The maximum Gasteiger partial charge on any atom is 0.341 e. The van der Waals surface area contributed by atoms with Crippen molar-refractivity contribution in [1.29, 1.82) is 0 Å². The van der Waals surface area contributed by atoms with Crippen LogP contribution in [0.25, 0.3) is 11.0 Å². The SMILES string of the molecule is NCC(F)=C1CCCN(c2nc3c(cc2F)c(=O)c(C(=O)O)cn3C2CC2)C1. The third-order valence-electron chi connectivity index (χ3n) is 5.26. The average molecular weight is 390 g/mol. The molecule has 0 spiro atoms. The molecule has 2 fully saturated rings. The van der Waals surface area contributed by atoms with E-state index in [0.29, 0.717) is 25.0 Å². The molecule has 0 atom stereocenters. The van der Waals surface area contributed by atoms with Crippen LogP contribution in [0.2, 0.25) is 0 Å². The van der Waals surface area contributed by atoms with E-state index >= 15 is 0 Å². The summed E-state index contributed by atoms with van der Waals surface area (Å²) in [5.41, 5.74) is 5.00. The van der Waals surface area contributed by atoms with Gasteiger partial charge in [0, 0.05) is 31.9 Å². The number of aromatic nitrogens is 2. The van der Waals surface area contributed by atoms with E-state index in [9.17, 15) is 23.5 Å². The molecule has 2 aromatic rings. The number of hydrogen-bond acceptors (Lipinski definition) is 5. The van der Waals surface area contributed by atoms with Crippen LogP contribution in [-0.4, -0.2) is 40.3 Å². The Labute approximate surface area is 159 Å². The largest absolute Gasteiger partial charge is 0.477 e. The van der Waals surface area contributed by atoms with Crippen LogP contribution < -0.4 is 16.1 Å². The molecule has 148 valence electrons. The summed E-state index contributed by atoms with van der Waals surface area (Å²) in [5.74, 6) is -2.45. The van der Waals surface area contributed by atoms with E-state index in [1.807, 2.05) is 0 Å². The monoisotopic (exact) mass is 390 g/mol. The van der Waals surface area contributed by atoms with Crippen molar-refractivity contribution in [3.63, 3.8) is 0 Å². The van der Waals surface area contributed by atoms with Crippen molar-refractivity contribution in [1.82, 2.24) is 9.55 Å². The van der Waals surface area contributed by atoms with Crippen LogP contribution in [0.1, 0.15) is 42.1 Å². The van der Waals surface area contributed by atoms with Crippen molar-refractivity contribution < 1.29 is 18.7 Å². The second kappa shape index (κ2) is 6.97. The number of piperidine rings is 1. The van der Waals surface area contributed by atoms with Crippen LogP contribution in [0, 0.1) is 5.82 Å². The molecular weight excluding hydrogens is 370 g/mol. The Hall–Kier alpha value is -2.81. The van der Waals surface area contributed by atoms with Gasteiger partial charge in [-0.05, 0) is 37.3 Å². The molecule has 1 aliphatic carbocycles. The second-order valence-electron chi connectivity index (χ2n) is 7.22. The number of fused-ring (bicyclic) bond motifs is 1. The number of pyridine rings is 2. The molecule has 7 nitrogen and oxygen atoms in total. The van der Waals surface area contributed by atoms with Gasteiger partial charge in [-0.3, -0.25) is 4.79 Å². The summed E-state index contributed by atoms with van der Waals surface area (Å²) in [4.78, 5) is 29.9. The molecule has 1 aliphatic heterocycles. The van der Waals surface area contributed by atoms with Gasteiger partial charge in [-0.2, -0.15) is 0 Å². The van der Waals surface area contributed by atoms with Crippen LogP contribution in [0.15, 0.2) is 28.5 Å². The van der Waals surface area contributed by atoms with E-state index in [-0.39, 0.29) is 36.0 Å². The number of anilines is 1. The normalized spacial score (nSPS) is 19.2. The molecule has 3 N–H and O–H groups in total. The van der Waals surface area contributed by atoms with Crippen LogP contribution in [-0.2, 0) is 0 Å². The lowest BCUT2D eigenvalue weighted by atomic mass is 10.0. The molecule has 2 aliphatic rings. The molecule has 1 saturated carbocycles. The summed E-state index contributed by atoms with van der Waals surface area (Å²) in [6.45, 7) is 0.479. The molecule has 0 unspecified atom stereocenters. The number of carboxylic acid groups (broad SMARTS) is 1. The number of halogens is 2. The van der Waals surface area contributed by atoms with Crippen molar-refractivity contribution >= 4 is 22.8 Å². The maximum atomic E-state index is 14.8. The van der Waals surface area contributed by atoms with Gasteiger partial charge in [0.2, 0.25) is 5.43 Å². The first-order valence-electron chi connectivity index (χ1n) is 9.20. The molecule has 0 aromatic carbocycles. The summed E-state index contributed by atoms with van der Waals surface area (Å²) in [6, 6.07) is 1.08. The highest BCUT2D eigenvalue weighted by molar-refractivity contribution is 5.92. The van der Waals surface area contributed by atoms with Crippen molar-refractivity contribution in [2.45, 2.75) is 31.7 Å². The lowest BCUT2D eigenvalue weighted by Crippen LogP contribution is -2.33. The summed E-state index contributed by atoms with van der Waals surface area (Å²) in [5, 5.41) is 9.24. The molecule has 2 aromatic heterocycles. The fourth-order valence-electron chi connectivity index (χ4n) is 3.66. The van der Waals surface area contributed by atoms with E-state index < -0.39 is 28.6 Å². The van der Waals surface area contributed by atoms with Gasteiger partial charge in [-0.25, -0.2) is 18.6 Å². The fourth-order valence-corrected chi connectivity index (χ4v) is 3.66. The summed E-state index contributed by atoms with van der Waals surface area (Å²) < 4.78 is 30.4. The minimum Gasteiger partial charge on any atom is -0.477 e. The molecule has 28 heavy (non-hydrogen) atoms. The molecule has 3 heterocycles. The van der Waals surface area contributed by atoms with Gasteiger partial charge in [0.25, 0.3) is 0 Å². The Morgan fingerprint density at radius 3 is 2.79 bits per heavy atom. The van der Waals surface area contributed by atoms with Gasteiger partial charge < -0.3 is 20.3 Å². The first kappa shape index (κ1) is 18.5. The van der Waals surface area contributed by atoms with E-state index in [2.05, 4.69) is 4.98 Å². The highest BCUT2D eigenvalue weighted by Crippen LogP contribution is 2.37. The molecule has 0 bridgehead atoms. The fraction of sp³-hybridized carbons (Fsp3) is 0.421. The zero-order valence-electron chi connectivity index (χ0n) is 15.1. The minimum absolute atomic E-state index is 0.0337. The van der Waals surface area contributed by atoms with Gasteiger partial charge in [0.15, 0.2) is 11.6 Å². The number of nitrogens with two attached hydrogens (primary N) is 1. The Bertz CT molecular complexity index is 1060. The number of rotatable bonds is 4. The third-order valence-corrected chi connectivity index (χ3v) is 5.26. The lowest BCUT2D eigenvalue weighted by molar-refractivity contribution is 0.0695. The Morgan fingerprint density at radius 1 is 1.39 bits per heavy atom. The zero-order chi connectivity index (χ0) is 20.0. The van der Waals surface area contributed by atoms with Gasteiger partial charge >= 0.3 is 5.97 Å². The Morgan fingerprint density at radius 2 is 2.14 bits per heavy atom. The summed E-state index contributed by atoms with van der Waals surface area (Å²) in [7, 11) is 0. The van der Waals surface area contributed by atoms with Gasteiger partial charge in [0.05, 0.1) is 5.39 Å². The van der Waals surface area contributed by atoms with Gasteiger partial charge in [-0.1, -0.05) is 0 Å². The highest BCUT2D eigenvalue weighted by atomic mass is 19.1. The summed E-state index contributed by atoms with van der Waals surface area (Å²) in [6.07, 6.45) is 4.15. The number of nitrogens with zero attached hydrogens (tertiary/aromatic N) is 3. The quantitative estimate of drug-likeness (QED) is 0.831. The van der Waals surface area contributed by atoms with E-state index in [1.54, 1.807) is 9.47 Å². The zero-order valence-corrected chi connectivity index (χ0v) is 15.1. The lowest BCUT2D eigenvalue weighted by Gasteiger charge is -2.30. The molecule has 9 heteroatoms. The predicted octanol–water partition coefficient (Wildman–Crippen LogP) is 2.35. The van der Waals surface area contributed by atoms with E-state index in [1.165, 1.54) is 6.20 Å². The van der Waals surface area contributed by atoms with Gasteiger partial charge in [-0.15, -0.1) is 0 Å². The third kappa shape index (κ3) is 3.15. The Kier molecular flexibility index (Phi) is 4.62. The van der Waals surface area contributed by atoms with Crippen molar-refractivity contribution in [3.8, 4) is 0 Å². The molecule has 1 saturated heterocycles. The smallest absolute Gasteiger partial charge is 0.341 e. The van der Waals surface area contributed by atoms with Crippen molar-refractivity contribution in [3.05, 3.63) is 45.3 Å². The molecule has 0 amide bonds. The first-order valence-corrected chi connectivity index (χ1v) is 9.20. The average Bonchev–Trinajstić information content (AvgIpc) is 3.52. The standard InChI is InChI=1S/C19H20F2N4O3/c20-14-6-12-16(26)13(19(27)28)9-25(11-3-4-11)17(12)23-18(14)24-5-1-2-10(8-24)15(21)7-22/h6,9,11H,1-5,7-8,22H2,(H,27,28). The minimum atomic E-state index is -1.35. The van der Waals surface area contributed by atoms with E-state index in [4.69, 9.17) is 5.73 Å². The van der Waals surface area contributed by atoms with Crippen molar-refractivity contribution in [2.75, 3.05) is 24.5 Å². The summed E-state index contributed by atoms with van der Waals surface area (Å²) >= 11 is 0. The highest BCUT2D eigenvalue weighted by Gasteiger charge is 2.29. The van der Waals surface area contributed by atoms with Crippen LogP contribution in [0.4, 0.5) is 14.6 Å². The topological polar surface area (TPSA) is 101 Å². The molecule has 0 radical (unpaired) electrons. The molecule has 4 rings (SSSR count). The van der Waals surface area contributed by atoms with Crippen molar-refractivity contribution in [2.24, 2.45) is 5.73 Å². The van der Waals surface area contributed by atoms with Gasteiger partial charge in [0.1, 0.15) is 17.0 Å². The number of carboxylic acids is 1.